The first-order chi connectivity index (χ1) is 8.33. The van der Waals surface area contributed by atoms with Crippen LogP contribution in [0.1, 0.15) is 43.3 Å². The fraction of sp³-hybridized carbons (Fsp3) is 0.750. The van der Waals surface area contributed by atoms with Crippen molar-refractivity contribution in [2.24, 2.45) is 5.92 Å². The normalized spacial score (nSPS) is 21.6. The lowest BCUT2D eigenvalue weighted by Gasteiger charge is -2.18. The maximum absolute atomic E-state index is 11.6. The van der Waals surface area contributed by atoms with E-state index in [0.717, 1.165) is 44.7 Å². The molecule has 2 heterocycles. The lowest BCUT2D eigenvalue weighted by atomic mass is 10.00. The van der Waals surface area contributed by atoms with E-state index in [2.05, 4.69) is 10.1 Å². The van der Waals surface area contributed by atoms with Crippen LogP contribution in [0.5, 0.6) is 0 Å². The number of carbonyl (C=O) groups excluding carboxylic acids is 1. The fourth-order valence-electron chi connectivity index (χ4n) is 2.16. The van der Waals surface area contributed by atoms with Gasteiger partial charge in [0.25, 0.3) is 0 Å². The third-order valence-corrected chi connectivity index (χ3v) is 3.43. The largest absolute Gasteiger partial charge is 0.381 e. The van der Waals surface area contributed by atoms with Crippen molar-refractivity contribution in [2.75, 3.05) is 13.2 Å². The first-order valence-electron chi connectivity index (χ1n) is 6.26. The zero-order valence-corrected chi connectivity index (χ0v) is 9.72. The number of aromatic nitrogens is 2. The minimum absolute atomic E-state index is 0.243. The van der Waals surface area contributed by atoms with Crippen molar-refractivity contribution >= 4 is 5.78 Å². The molecule has 2 aliphatic rings. The van der Waals surface area contributed by atoms with Gasteiger partial charge in [-0.3, -0.25) is 4.79 Å². The Bertz CT molecular complexity index is 406. The molecule has 2 fully saturated rings. The average Bonchev–Trinajstić information content (AvgIpc) is 3.12. The predicted octanol–water partition coefficient (Wildman–Crippen LogP) is 1.49. The maximum atomic E-state index is 11.6. The van der Waals surface area contributed by atoms with Gasteiger partial charge in [-0.25, -0.2) is 0 Å². The standard InChI is InChI=1S/C12H16N2O3/c15-10(8-1-2-8)7-11-13-12(14-17-11)9-3-5-16-6-4-9/h8-9H,1-7H2. The fourth-order valence-corrected chi connectivity index (χ4v) is 2.16. The minimum Gasteiger partial charge on any atom is -0.381 e. The van der Waals surface area contributed by atoms with Gasteiger partial charge in [-0.05, 0) is 25.7 Å². The molecule has 1 aliphatic heterocycles. The predicted molar refractivity (Wildman–Crippen MR) is 58.5 cm³/mol. The van der Waals surface area contributed by atoms with Crippen LogP contribution in [0.2, 0.25) is 0 Å². The van der Waals surface area contributed by atoms with Crippen LogP contribution >= 0.6 is 0 Å². The zero-order valence-electron chi connectivity index (χ0n) is 9.72. The molecule has 0 bridgehead atoms. The lowest BCUT2D eigenvalue weighted by molar-refractivity contribution is -0.119. The summed E-state index contributed by atoms with van der Waals surface area (Å²) in [5.74, 6) is 2.05. The van der Waals surface area contributed by atoms with E-state index in [1.165, 1.54) is 0 Å². The molecule has 1 aromatic rings. The van der Waals surface area contributed by atoms with Crippen molar-refractivity contribution in [3.63, 3.8) is 0 Å². The van der Waals surface area contributed by atoms with Gasteiger partial charge in [-0.2, -0.15) is 4.98 Å². The van der Waals surface area contributed by atoms with E-state index in [1.54, 1.807) is 0 Å². The molecule has 1 aromatic heterocycles. The van der Waals surface area contributed by atoms with Crippen LogP contribution in [-0.2, 0) is 16.0 Å². The van der Waals surface area contributed by atoms with E-state index >= 15 is 0 Å². The summed E-state index contributed by atoms with van der Waals surface area (Å²) in [6.45, 7) is 1.52. The highest BCUT2D eigenvalue weighted by molar-refractivity contribution is 5.84. The number of nitrogens with zero attached hydrogens (tertiary/aromatic N) is 2. The van der Waals surface area contributed by atoms with Crippen LogP contribution in [0, 0.1) is 5.92 Å². The summed E-state index contributed by atoms with van der Waals surface area (Å²) in [6, 6.07) is 0. The van der Waals surface area contributed by atoms with Gasteiger partial charge >= 0.3 is 0 Å². The third kappa shape index (κ3) is 2.54. The summed E-state index contributed by atoms with van der Waals surface area (Å²) in [5, 5.41) is 3.98. The molecule has 92 valence electrons. The smallest absolute Gasteiger partial charge is 0.234 e. The van der Waals surface area contributed by atoms with Crippen molar-refractivity contribution in [3.05, 3.63) is 11.7 Å². The van der Waals surface area contributed by atoms with E-state index in [-0.39, 0.29) is 11.7 Å². The van der Waals surface area contributed by atoms with Crippen molar-refractivity contribution in [2.45, 2.75) is 38.0 Å². The van der Waals surface area contributed by atoms with Gasteiger partial charge in [0.2, 0.25) is 5.89 Å². The average molecular weight is 236 g/mol. The molecule has 0 amide bonds. The summed E-state index contributed by atoms with van der Waals surface area (Å²) in [6.07, 6.45) is 4.24. The first kappa shape index (κ1) is 10.9. The molecule has 0 radical (unpaired) electrons. The van der Waals surface area contributed by atoms with Gasteiger partial charge in [0, 0.05) is 25.0 Å². The highest BCUT2D eigenvalue weighted by Crippen LogP contribution is 2.31. The van der Waals surface area contributed by atoms with E-state index in [9.17, 15) is 4.79 Å². The molecule has 1 aliphatic carbocycles. The molecule has 0 atom stereocenters. The van der Waals surface area contributed by atoms with Crippen molar-refractivity contribution in [1.82, 2.24) is 10.1 Å². The Hall–Kier alpha value is -1.23. The van der Waals surface area contributed by atoms with Crippen LogP contribution in [0.4, 0.5) is 0 Å². The Kier molecular flexibility index (Phi) is 2.93. The highest BCUT2D eigenvalue weighted by atomic mass is 16.5. The molecule has 17 heavy (non-hydrogen) atoms. The molecule has 0 unspecified atom stereocenters. The maximum Gasteiger partial charge on any atom is 0.234 e. The first-order valence-corrected chi connectivity index (χ1v) is 6.26. The molecule has 5 heteroatoms. The van der Waals surface area contributed by atoms with Crippen molar-refractivity contribution in [1.29, 1.82) is 0 Å². The number of Topliss-reactive ketones (excluding diaryl/α,β-unsaturated/α-hetero) is 1. The number of ketones is 1. The van der Waals surface area contributed by atoms with Crippen molar-refractivity contribution in [3.8, 4) is 0 Å². The number of hydrogen-bond acceptors (Lipinski definition) is 5. The molecule has 0 spiro atoms. The third-order valence-electron chi connectivity index (χ3n) is 3.43. The molecular formula is C12H16N2O3. The molecule has 1 saturated heterocycles. The van der Waals surface area contributed by atoms with Gasteiger partial charge in [0.05, 0.1) is 6.42 Å². The number of hydrogen-bond donors (Lipinski definition) is 0. The molecule has 1 saturated carbocycles. The summed E-state index contributed by atoms with van der Waals surface area (Å²) < 4.78 is 10.4. The SMILES string of the molecule is O=C(Cc1nc(C2CCOCC2)no1)C1CC1. The second kappa shape index (κ2) is 4.56. The number of rotatable bonds is 4. The summed E-state index contributed by atoms with van der Waals surface area (Å²) in [4.78, 5) is 15.9. The molecule has 3 rings (SSSR count). The van der Waals surface area contributed by atoms with E-state index in [0.29, 0.717) is 18.2 Å². The van der Waals surface area contributed by atoms with E-state index in [4.69, 9.17) is 9.26 Å². The number of carbonyl (C=O) groups is 1. The van der Waals surface area contributed by atoms with Crippen molar-refractivity contribution < 1.29 is 14.1 Å². The van der Waals surface area contributed by atoms with Gasteiger partial charge in [-0.15, -0.1) is 0 Å². The zero-order chi connectivity index (χ0) is 11.7. The Morgan fingerprint density at radius 1 is 1.24 bits per heavy atom. The highest BCUT2D eigenvalue weighted by Gasteiger charge is 2.31. The van der Waals surface area contributed by atoms with Crippen LogP contribution in [0.15, 0.2) is 4.52 Å². The Morgan fingerprint density at radius 2 is 2.00 bits per heavy atom. The number of ether oxygens (including phenoxy) is 1. The van der Waals surface area contributed by atoms with Gasteiger partial charge in [-0.1, -0.05) is 5.16 Å². The Morgan fingerprint density at radius 3 is 2.71 bits per heavy atom. The summed E-state index contributed by atoms with van der Waals surface area (Å²) in [5.41, 5.74) is 0. The van der Waals surface area contributed by atoms with E-state index in [1.807, 2.05) is 0 Å². The van der Waals surface area contributed by atoms with Crippen LogP contribution < -0.4 is 0 Å². The summed E-state index contributed by atoms with van der Waals surface area (Å²) in [7, 11) is 0. The van der Waals surface area contributed by atoms with Crippen LogP contribution in [0.25, 0.3) is 0 Å². The monoisotopic (exact) mass is 236 g/mol. The molecule has 0 N–H and O–H groups in total. The summed E-state index contributed by atoms with van der Waals surface area (Å²) >= 11 is 0. The second-order valence-corrected chi connectivity index (χ2v) is 4.85. The quantitative estimate of drug-likeness (QED) is 0.792. The van der Waals surface area contributed by atoms with Gasteiger partial charge in [0.15, 0.2) is 5.82 Å². The van der Waals surface area contributed by atoms with Gasteiger partial charge in [0.1, 0.15) is 5.78 Å². The topological polar surface area (TPSA) is 65.2 Å². The Labute approximate surface area is 99.5 Å². The molecule has 0 aromatic carbocycles. The lowest BCUT2D eigenvalue weighted by Crippen LogP contribution is -2.15. The molecular weight excluding hydrogens is 220 g/mol. The minimum atomic E-state index is 0.243. The van der Waals surface area contributed by atoms with Crippen LogP contribution in [-0.4, -0.2) is 29.1 Å². The van der Waals surface area contributed by atoms with Crippen LogP contribution in [0.3, 0.4) is 0 Å². The second-order valence-electron chi connectivity index (χ2n) is 4.85. The van der Waals surface area contributed by atoms with E-state index < -0.39 is 0 Å². The Balaban J connectivity index is 1.62. The molecule has 5 nitrogen and oxygen atoms in total. The van der Waals surface area contributed by atoms with Gasteiger partial charge < -0.3 is 9.26 Å².